The minimum absolute atomic E-state index is 0.0226. The van der Waals surface area contributed by atoms with Crippen molar-refractivity contribution in [2.75, 3.05) is 17.7 Å². The zero-order valence-corrected chi connectivity index (χ0v) is 10.1. The van der Waals surface area contributed by atoms with Gasteiger partial charge in [0.05, 0.1) is 5.69 Å². The van der Waals surface area contributed by atoms with Gasteiger partial charge in [-0.1, -0.05) is 6.07 Å². The van der Waals surface area contributed by atoms with Crippen LogP contribution in [-0.2, 0) is 4.79 Å². The SMILES string of the molecule is Nc1cccc(Oc2ccc3c(c2)OCC(=O)N3)c1. The van der Waals surface area contributed by atoms with Crippen molar-refractivity contribution in [1.29, 1.82) is 0 Å². The van der Waals surface area contributed by atoms with Gasteiger partial charge >= 0.3 is 0 Å². The molecule has 96 valence electrons. The molecule has 19 heavy (non-hydrogen) atoms. The summed E-state index contributed by atoms with van der Waals surface area (Å²) in [4.78, 5) is 11.2. The Hall–Kier alpha value is -2.69. The first kappa shape index (κ1) is 11.4. The fourth-order valence-corrected chi connectivity index (χ4v) is 1.83. The monoisotopic (exact) mass is 256 g/mol. The molecule has 0 unspecified atom stereocenters. The molecule has 0 saturated heterocycles. The smallest absolute Gasteiger partial charge is 0.262 e. The number of carbonyl (C=O) groups excluding carboxylic acids is 1. The Morgan fingerprint density at radius 3 is 2.84 bits per heavy atom. The molecule has 5 nitrogen and oxygen atoms in total. The Bertz CT molecular complexity index is 640. The highest BCUT2D eigenvalue weighted by atomic mass is 16.5. The average Bonchev–Trinajstić information content (AvgIpc) is 2.39. The van der Waals surface area contributed by atoms with E-state index in [9.17, 15) is 4.79 Å². The number of rotatable bonds is 2. The van der Waals surface area contributed by atoms with Gasteiger partial charge in [0.25, 0.3) is 5.91 Å². The fraction of sp³-hybridized carbons (Fsp3) is 0.0714. The fourth-order valence-electron chi connectivity index (χ4n) is 1.83. The Morgan fingerprint density at radius 2 is 2.00 bits per heavy atom. The molecule has 0 saturated carbocycles. The molecule has 1 aliphatic heterocycles. The van der Waals surface area contributed by atoms with Crippen LogP contribution in [0.15, 0.2) is 42.5 Å². The molecule has 1 amide bonds. The molecule has 0 aromatic heterocycles. The van der Waals surface area contributed by atoms with Crippen LogP contribution in [-0.4, -0.2) is 12.5 Å². The summed E-state index contributed by atoms with van der Waals surface area (Å²) in [5, 5.41) is 2.72. The molecular weight excluding hydrogens is 244 g/mol. The molecular formula is C14H12N2O3. The van der Waals surface area contributed by atoms with Gasteiger partial charge in [0.2, 0.25) is 0 Å². The number of fused-ring (bicyclic) bond motifs is 1. The van der Waals surface area contributed by atoms with Gasteiger partial charge in [0, 0.05) is 17.8 Å². The summed E-state index contributed by atoms with van der Waals surface area (Å²) in [6.07, 6.45) is 0. The maximum absolute atomic E-state index is 11.2. The topological polar surface area (TPSA) is 73.6 Å². The van der Waals surface area contributed by atoms with Crippen molar-refractivity contribution in [3.8, 4) is 17.2 Å². The minimum Gasteiger partial charge on any atom is -0.481 e. The summed E-state index contributed by atoms with van der Waals surface area (Å²) >= 11 is 0. The average molecular weight is 256 g/mol. The molecule has 0 atom stereocenters. The molecule has 3 N–H and O–H groups in total. The normalized spacial score (nSPS) is 13.2. The highest BCUT2D eigenvalue weighted by Crippen LogP contribution is 2.33. The summed E-state index contributed by atoms with van der Waals surface area (Å²) in [6.45, 7) is 0.0226. The highest BCUT2D eigenvalue weighted by molar-refractivity contribution is 5.95. The van der Waals surface area contributed by atoms with E-state index in [-0.39, 0.29) is 12.5 Å². The lowest BCUT2D eigenvalue weighted by Gasteiger charge is -2.18. The maximum atomic E-state index is 11.2. The summed E-state index contributed by atoms with van der Waals surface area (Å²) in [7, 11) is 0. The lowest BCUT2D eigenvalue weighted by molar-refractivity contribution is -0.118. The quantitative estimate of drug-likeness (QED) is 0.809. The Balaban J connectivity index is 1.85. The third kappa shape index (κ3) is 2.44. The van der Waals surface area contributed by atoms with E-state index in [1.54, 1.807) is 30.3 Å². The summed E-state index contributed by atoms with van der Waals surface area (Å²) in [6, 6.07) is 12.4. The van der Waals surface area contributed by atoms with Crippen molar-refractivity contribution >= 4 is 17.3 Å². The van der Waals surface area contributed by atoms with Crippen LogP contribution in [0.5, 0.6) is 17.2 Å². The van der Waals surface area contributed by atoms with Gasteiger partial charge in [-0.2, -0.15) is 0 Å². The molecule has 5 heteroatoms. The van der Waals surface area contributed by atoms with Crippen molar-refractivity contribution in [2.24, 2.45) is 0 Å². The van der Waals surface area contributed by atoms with E-state index < -0.39 is 0 Å². The van der Waals surface area contributed by atoms with Gasteiger partial charge in [-0.3, -0.25) is 4.79 Å². The molecule has 3 rings (SSSR count). The van der Waals surface area contributed by atoms with E-state index in [0.29, 0.717) is 28.6 Å². The number of hydrogen-bond donors (Lipinski definition) is 2. The second-order valence-corrected chi connectivity index (χ2v) is 4.17. The molecule has 1 heterocycles. The molecule has 0 bridgehead atoms. The van der Waals surface area contributed by atoms with Crippen molar-refractivity contribution < 1.29 is 14.3 Å². The molecule has 0 spiro atoms. The molecule has 0 aliphatic carbocycles. The van der Waals surface area contributed by atoms with E-state index in [4.69, 9.17) is 15.2 Å². The van der Waals surface area contributed by atoms with E-state index in [2.05, 4.69) is 5.32 Å². The molecule has 2 aromatic carbocycles. The number of ether oxygens (including phenoxy) is 2. The lowest BCUT2D eigenvalue weighted by atomic mass is 10.2. The van der Waals surface area contributed by atoms with Crippen LogP contribution in [0.2, 0.25) is 0 Å². The van der Waals surface area contributed by atoms with Gasteiger partial charge in [-0.05, 0) is 24.3 Å². The van der Waals surface area contributed by atoms with E-state index in [1.807, 2.05) is 12.1 Å². The number of hydrogen-bond acceptors (Lipinski definition) is 4. The minimum atomic E-state index is -0.156. The van der Waals surface area contributed by atoms with Crippen molar-refractivity contribution in [3.63, 3.8) is 0 Å². The third-order valence-electron chi connectivity index (χ3n) is 2.68. The predicted octanol–water partition coefficient (Wildman–Crippen LogP) is 2.39. The molecule has 1 aliphatic rings. The van der Waals surface area contributed by atoms with E-state index in [0.717, 1.165) is 0 Å². The predicted molar refractivity (Wildman–Crippen MR) is 71.5 cm³/mol. The first-order valence-corrected chi connectivity index (χ1v) is 5.81. The van der Waals surface area contributed by atoms with Crippen LogP contribution in [0.25, 0.3) is 0 Å². The van der Waals surface area contributed by atoms with Gasteiger partial charge in [0.1, 0.15) is 17.2 Å². The number of benzene rings is 2. The second kappa shape index (κ2) is 4.53. The Kier molecular flexibility index (Phi) is 2.72. The summed E-state index contributed by atoms with van der Waals surface area (Å²) < 4.78 is 11.0. The van der Waals surface area contributed by atoms with Crippen LogP contribution in [0.1, 0.15) is 0 Å². The first-order valence-electron chi connectivity index (χ1n) is 5.81. The van der Waals surface area contributed by atoms with Gasteiger partial charge in [-0.15, -0.1) is 0 Å². The van der Waals surface area contributed by atoms with Crippen LogP contribution in [0.3, 0.4) is 0 Å². The van der Waals surface area contributed by atoms with E-state index in [1.165, 1.54) is 0 Å². The zero-order valence-electron chi connectivity index (χ0n) is 10.1. The van der Waals surface area contributed by atoms with Crippen molar-refractivity contribution in [3.05, 3.63) is 42.5 Å². The Labute approximate surface area is 109 Å². The number of nitrogen functional groups attached to an aromatic ring is 1. The van der Waals surface area contributed by atoms with Gasteiger partial charge in [0.15, 0.2) is 6.61 Å². The van der Waals surface area contributed by atoms with Crippen molar-refractivity contribution in [2.45, 2.75) is 0 Å². The van der Waals surface area contributed by atoms with Crippen LogP contribution < -0.4 is 20.5 Å². The van der Waals surface area contributed by atoms with Crippen LogP contribution in [0.4, 0.5) is 11.4 Å². The number of carbonyl (C=O) groups is 1. The van der Waals surface area contributed by atoms with Crippen LogP contribution in [0, 0.1) is 0 Å². The standard InChI is InChI=1S/C14H12N2O3/c15-9-2-1-3-10(6-9)19-11-4-5-12-13(7-11)18-8-14(17)16-12/h1-7H,8,15H2,(H,16,17). The lowest BCUT2D eigenvalue weighted by Crippen LogP contribution is -2.25. The number of nitrogens with one attached hydrogen (secondary N) is 1. The second-order valence-electron chi connectivity index (χ2n) is 4.17. The largest absolute Gasteiger partial charge is 0.481 e. The highest BCUT2D eigenvalue weighted by Gasteiger charge is 2.16. The summed E-state index contributed by atoms with van der Waals surface area (Å²) in [5.41, 5.74) is 6.97. The zero-order chi connectivity index (χ0) is 13.2. The van der Waals surface area contributed by atoms with Crippen molar-refractivity contribution in [1.82, 2.24) is 0 Å². The number of nitrogens with two attached hydrogens (primary N) is 1. The van der Waals surface area contributed by atoms with E-state index >= 15 is 0 Å². The molecule has 0 fully saturated rings. The first-order chi connectivity index (χ1) is 9.20. The Morgan fingerprint density at radius 1 is 1.16 bits per heavy atom. The maximum Gasteiger partial charge on any atom is 0.262 e. The number of amides is 1. The van der Waals surface area contributed by atoms with Gasteiger partial charge < -0.3 is 20.5 Å². The summed E-state index contributed by atoms with van der Waals surface area (Å²) in [5.74, 6) is 1.72. The third-order valence-corrected chi connectivity index (χ3v) is 2.68. The number of anilines is 2. The molecule has 0 radical (unpaired) electrons. The molecule has 2 aromatic rings. The van der Waals surface area contributed by atoms with Gasteiger partial charge in [-0.25, -0.2) is 0 Å². The van der Waals surface area contributed by atoms with Crippen LogP contribution >= 0.6 is 0 Å².